The number of likely N-dealkylation sites (tertiary alicyclic amines) is 1. The molecule has 0 aliphatic carbocycles. The molecule has 0 saturated carbocycles. The molecule has 0 radical (unpaired) electrons. The van der Waals surface area contributed by atoms with Gasteiger partial charge in [0.1, 0.15) is 5.75 Å². The molecule has 0 amide bonds. The lowest BCUT2D eigenvalue weighted by Crippen LogP contribution is -2.33. The number of aryl methyl sites for hydroxylation is 1. The smallest absolute Gasteiger partial charge is 0.121 e. The van der Waals surface area contributed by atoms with E-state index in [-0.39, 0.29) is 0 Å². The van der Waals surface area contributed by atoms with Crippen molar-refractivity contribution in [1.82, 2.24) is 4.90 Å². The molecule has 26 heavy (non-hydrogen) atoms. The van der Waals surface area contributed by atoms with Crippen LogP contribution in [-0.2, 0) is 13.0 Å². The Balaban J connectivity index is 1.43. The van der Waals surface area contributed by atoms with Crippen molar-refractivity contribution in [3.63, 3.8) is 0 Å². The van der Waals surface area contributed by atoms with E-state index in [1.54, 1.807) is 7.11 Å². The van der Waals surface area contributed by atoms with Gasteiger partial charge < -0.3 is 4.74 Å². The number of nitrogens with zero attached hydrogens (tertiary/aromatic N) is 1. The molecule has 140 valence electrons. The van der Waals surface area contributed by atoms with Crippen LogP contribution in [0.5, 0.6) is 5.75 Å². The van der Waals surface area contributed by atoms with Crippen molar-refractivity contribution in [2.75, 3.05) is 20.2 Å². The summed E-state index contributed by atoms with van der Waals surface area (Å²) in [6.45, 7) is 8.14. The number of rotatable bonds is 7. The number of benzene rings is 2. The van der Waals surface area contributed by atoms with E-state index in [4.69, 9.17) is 4.74 Å². The van der Waals surface area contributed by atoms with Crippen LogP contribution in [0.3, 0.4) is 0 Å². The topological polar surface area (TPSA) is 12.5 Å². The van der Waals surface area contributed by atoms with Crippen LogP contribution in [0.25, 0.3) is 0 Å². The fourth-order valence-corrected chi connectivity index (χ4v) is 4.34. The highest BCUT2D eigenvalue weighted by Gasteiger charge is 2.21. The molecular weight excluding hydrogens is 318 g/mol. The standard InChI is InChI=1S/C24H33NO/c1-19(16-23-9-10-24(26-3)20(2)17-23)15-21-11-13-25(14-12-21)18-22-7-5-4-6-8-22/h4-10,17,19,21H,11-16,18H2,1-3H3. The zero-order chi connectivity index (χ0) is 18.4. The van der Waals surface area contributed by atoms with Gasteiger partial charge in [-0.2, -0.15) is 0 Å². The molecule has 3 rings (SSSR count). The maximum absolute atomic E-state index is 5.37. The molecule has 2 heteroatoms. The quantitative estimate of drug-likeness (QED) is 0.654. The molecule has 1 aliphatic heterocycles. The number of methoxy groups -OCH3 is 1. The van der Waals surface area contributed by atoms with Crippen molar-refractivity contribution in [3.8, 4) is 5.75 Å². The second kappa shape index (κ2) is 9.23. The van der Waals surface area contributed by atoms with Gasteiger partial charge in [0.05, 0.1) is 7.11 Å². The summed E-state index contributed by atoms with van der Waals surface area (Å²) in [5, 5.41) is 0. The van der Waals surface area contributed by atoms with Crippen molar-refractivity contribution in [2.45, 2.75) is 46.1 Å². The van der Waals surface area contributed by atoms with Gasteiger partial charge in [0.25, 0.3) is 0 Å². The Hall–Kier alpha value is -1.80. The van der Waals surface area contributed by atoms with Gasteiger partial charge in [0.2, 0.25) is 0 Å². The van der Waals surface area contributed by atoms with Gasteiger partial charge in [-0.1, -0.05) is 49.4 Å². The second-order valence-electron chi connectivity index (χ2n) is 8.05. The monoisotopic (exact) mass is 351 g/mol. The van der Waals surface area contributed by atoms with Gasteiger partial charge >= 0.3 is 0 Å². The fraction of sp³-hybridized carbons (Fsp3) is 0.500. The van der Waals surface area contributed by atoms with Crippen LogP contribution in [-0.4, -0.2) is 25.1 Å². The Morgan fingerprint density at radius 1 is 1.04 bits per heavy atom. The normalized spacial score (nSPS) is 17.2. The summed E-state index contributed by atoms with van der Waals surface area (Å²) in [6, 6.07) is 17.5. The predicted molar refractivity (Wildman–Crippen MR) is 110 cm³/mol. The van der Waals surface area contributed by atoms with E-state index in [1.165, 1.54) is 55.5 Å². The number of hydrogen-bond acceptors (Lipinski definition) is 2. The first kappa shape index (κ1) is 19.0. The molecule has 1 fully saturated rings. The molecular formula is C24H33NO. The van der Waals surface area contributed by atoms with Gasteiger partial charge in [0.15, 0.2) is 0 Å². The van der Waals surface area contributed by atoms with E-state index in [1.807, 2.05) is 0 Å². The van der Waals surface area contributed by atoms with Crippen LogP contribution >= 0.6 is 0 Å². The van der Waals surface area contributed by atoms with E-state index in [9.17, 15) is 0 Å². The minimum absolute atomic E-state index is 0.744. The average Bonchev–Trinajstić information content (AvgIpc) is 2.64. The third-order valence-corrected chi connectivity index (χ3v) is 5.74. The zero-order valence-corrected chi connectivity index (χ0v) is 16.6. The largest absolute Gasteiger partial charge is 0.496 e. The molecule has 0 N–H and O–H groups in total. The van der Waals surface area contributed by atoms with E-state index < -0.39 is 0 Å². The van der Waals surface area contributed by atoms with Gasteiger partial charge in [-0.3, -0.25) is 4.90 Å². The Morgan fingerprint density at radius 3 is 2.42 bits per heavy atom. The van der Waals surface area contributed by atoms with Crippen molar-refractivity contribution < 1.29 is 4.74 Å². The second-order valence-corrected chi connectivity index (χ2v) is 8.05. The Labute approximate surface area is 159 Å². The molecule has 1 unspecified atom stereocenters. The summed E-state index contributed by atoms with van der Waals surface area (Å²) in [5.74, 6) is 2.62. The first-order valence-corrected chi connectivity index (χ1v) is 10.0. The molecule has 0 aromatic heterocycles. The molecule has 0 bridgehead atoms. The summed E-state index contributed by atoms with van der Waals surface area (Å²) in [4.78, 5) is 2.61. The van der Waals surface area contributed by atoms with E-state index >= 15 is 0 Å². The maximum atomic E-state index is 5.37. The Morgan fingerprint density at radius 2 is 1.77 bits per heavy atom. The summed E-state index contributed by atoms with van der Waals surface area (Å²) >= 11 is 0. The number of hydrogen-bond donors (Lipinski definition) is 0. The van der Waals surface area contributed by atoms with Crippen LogP contribution in [0.2, 0.25) is 0 Å². The van der Waals surface area contributed by atoms with Crippen molar-refractivity contribution >= 4 is 0 Å². The third kappa shape index (κ3) is 5.35. The van der Waals surface area contributed by atoms with Gasteiger partial charge in [0, 0.05) is 6.54 Å². The molecule has 1 heterocycles. The van der Waals surface area contributed by atoms with Crippen LogP contribution < -0.4 is 4.74 Å². The molecule has 2 nitrogen and oxygen atoms in total. The van der Waals surface area contributed by atoms with Crippen molar-refractivity contribution in [1.29, 1.82) is 0 Å². The molecule has 1 atom stereocenters. The lowest BCUT2D eigenvalue weighted by atomic mass is 9.85. The minimum Gasteiger partial charge on any atom is -0.496 e. The lowest BCUT2D eigenvalue weighted by Gasteiger charge is -2.33. The highest BCUT2D eigenvalue weighted by molar-refractivity contribution is 5.36. The molecule has 1 saturated heterocycles. The van der Waals surface area contributed by atoms with E-state index in [0.29, 0.717) is 0 Å². The Kier molecular flexibility index (Phi) is 6.73. The fourth-order valence-electron chi connectivity index (χ4n) is 4.34. The highest BCUT2D eigenvalue weighted by atomic mass is 16.5. The summed E-state index contributed by atoms with van der Waals surface area (Å²) in [5.41, 5.74) is 4.12. The van der Waals surface area contributed by atoms with Crippen LogP contribution in [0, 0.1) is 18.8 Å². The van der Waals surface area contributed by atoms with Gasteiger partial charge in [-0.05, 0) is 80.3 Å². The first-order valence-electron chi connectivity index (χ1n) is 10.0. The number of piperidine rings is 1. The zero-order valence-electron chi connectivity index (χ0n) is 16.6. The first-order chi connectivity index (χ1) is 12.6. The summed E-state index contributed by atoms with van der Waals surface area (Å²) in [7, 11) is 1.74. The van der Waals surface area contributed by atoms with Crippen molar-refractivity contribution in [3.05, 3.63) is 65.2 Å². The molecule has 2 aromatic carbocycles. The summed E-state index contributed by atoms with van der Waals surface area (Å²) < 4.78 is 5.37. The van der Waals surface area contributed by atoms with Crippen LogP contribution in [0.4, 0.5) is 0 Å². The van der Waals surface area contributed by atoms with E-state index in [0.717, 1.165) is 24.1 Å². The van der Waals surface area contributed by atoms with Crippen LogP contribution in [0.1, 0.15) is 42.9 Å². The third-order valence-electron chi connectivity index (χ3n) is 5.74. The average molecular weight is 352 g/mol. The molecule has 0 spiro atoms. The SMILES string of the molecule is COc1ccc(CC(C)CC2CCN(Cc3ccccc3)CC2)cc1C. The highest BCUT2D eigenvalue weighted by Crippen LogP contribution is 2.28. The van der Waals surface area contributed by atoms with Gasteiger partial charge in [-0.15, -0.1) is 0 Å². The molecule has 1 aliphatic rings. The van der Waals surface area contributed by atoms with Gasteiger partial charge in [-0.25, -0.2) is 0 Å². The number of ether oxygens (including phenoxy) is 1. The van der Waals surface area contributed by atoms with Crippen LogP contribution in [0.15, 0.2) is 48.5 Å². The molecule has 2 aromatic rings. The summed E-state index contributed by atoms with van der Waals surface area (Å²) in [6.07, 6.45) is 5.22. The maximum Gasteiger partial charge on any atom is 0.121 e. The lowest BCUT2D eigenvalue weighted by molar-refractivity contribution is 0.162. The van der Waals surface area contributed by atoms with E-state index in [2.05, 4.69) is 67.3 Å². The predicted octanol–water partition coefficient (Wildman–Crippen LogP) is 5.48. The van der Waals surface area contributed by atoms with Crippen molar-refractivity contribution in [2.24, 2.45) is 11.8 Å². The minimum atomic E-state index is 0.744. The Bertz CT molecular complexity index is 674.